The van der Waals surface area contributed by atoms with Gasteiger partial charge < -0.3 is 0 Å². The molecule has 0 amide bonds. The van der Waals surface area contributed by atoms with Crippen LogP contribution in [-0.2, 0) is 9.53 Å². The van der Waals surface area contributed by atoms with Crippen molar-refractivity contribution in [2.24, 2.45) is 0 Å². The van der Waals surface area contributed by atoms with Gasteiger partial charge in [-0.15, -0.1) is 0 Å². The molecule has 4 heteroatoms. The van der Waals surface area contributed by atoms with E-state index in [1.807, 2.05) is 0 Å². The van der Waals surface area contributed by atoms with Crippen LogP contribution >= 0.6 is 17.2 Å². The van der Waals surface area contributed by atoms with Crippen LogP contribution in [-0.4, -0.2) is 30.8 Å². The standard InChI is InChI=1S/C28H56ClO2P/c1-6-10-13-16-19-22-25-32(5,29,26-23-20-17-14-11-7-2)28(31-27(30)9-4)24-21-18-15-12-8-3/h9,28H,4,6-8,10-26H2,1-3,5H3. The maximum atomic E-state index is 12.3. The first-order valence-corrected chi connectivity index (χ1v) is 17.9. The fourth-order valence-corrected chi connectivity index (χ4v) is 10.1. The number of halogens is 1. The molecule has 0 aliphatic rings. The second-order valence-electron chi connectivity index (χ2n) is 10.3. The zero-order valence-corrected chi connectivity index (χ0v) is 23.8. The van der Waals surface area contributed by atoms with Crippen LogP contribution in [0.25, 0.3) is 0 Å². The maximum absolute atomic E-state index is 12.3. The van der Waals surface area contributed by atoms with Crippen molar-refractivity contribution >= 4 is 23.2 Å². The predicted molar refractivity (Wildman–Crippen MR) is 149 cm³/mol. The number of carbonyl (C=O) groups is 1. The van der Waals surface area contributed by atoms with Crippen molar-refractivity contribution in [1.82, 2.24) is 0 Å². The van der Waals surface area contributed by atoms with Gasteiger partial charge in [-0.1, -0.05) is 0 Å². The van der Waals surface area contributed by atoms with Gasteiger partial charge in [-0.25, -0.2) is 0 Å². The fraction of sp³-hybridized carbons (Fsp3) is 0.893. The monoisotopic (exact) mass is 490 g/mol. The molecular formula is C28H56ClO2P. The fourth-order valence-electron chi connectivity index (χ4n) is 4.70. The Morgan fingerprint density at radius 3 is 1.53 bits per heavy atom. The second kappa shape index (κ2) is 19.3. The molecule has 1 unspecified atom stereocenters. The van der Waals surface area contributed by atoms with E-state index in [1.165, 1.54) is 96.0 Å². The molecule has 2 nitrogen and oxygen atoms in total. The van der Waals surface area contributed by atoms with Gasteiger partial charge in [-0.3, -0.25) is 0 Å². The van der Waals surface area contributed by atoms with Gasteiger partial charge in [0.1, 0.15) is 0 Å². The van der Waals surface area contributed by atoms with Crippen LogP contribution in [0.2, 0.25) is 0 Å². The van der Waals surface area contributed by atoms with Crippen molar-refractivity contribution in [1.29, 1.82) is 0 Å². The Bertz CT molecular complexity index is 458. The van der Waals surface area contributed by atoms with Gasteiger partial charge in [0.05, 0.1) is 0 Å². The van der Waals surface area contributed by atoms with Gasteiger partial charge in [0, 0.05) is 0 Å². The minimum atomic E-state index is -2.68. The molecule has 0 N–H and O–H groups in total. The molecular weight excluding hydrogens is 435 g/mol. The SMILES string of the molecule is C=CC(=O)OC(CCCCCCC)P(C)(Cl)(CCCCCCCC)CCCCCCCC. The third-order valence-electron chi connectivity index (χ3n) is 6.99. The summed E-state index contributed by atoms with van der Waals surface area (Å²) in [4.78, 5) is 12.3. The Hall–Kier alpha value is -0.0700. The zero-order valence-electron chi connectivity index (χ0n) is 22.1. The average Bonchev–Trinajstić information content (AvgIpc) is 2.77. The van der Waals surface area contributed by atoms with Crippen molar-refractivity contribution < 1.29 is 9.53 Å². The Morgan fingerprint density at radius 1 is 0.750 bits per heavy atom. The summed E-state index contributed by atoms with van der Waals surface area (Å²) in [5.74, 6) is -3.10. The van der Waals surface area contributed by atoms with Crippen LogP contribution in [0.4, 0.5) is 0 Å². The summed E-state index contributed by atoms with van der Waals surface area (Å²) in [6.07, 6.45) is 25.6. The molecule has 0 aliphatic heterocycles. The van der Waals surface area contributed by atoms with Crippen LogP contribution in [0.15, 0.2) is 12.7 Å². The van der Waals surface area contributed by atoms with Gasteiger partial charge in [0.2, 0.25) is 0 Å². The molecule has 32 heavy (non-hydrogen) atoms. The van der Waals surface area contributed by atoms with Gasteiger partial charge in [-0.05, 0) is 0 Å². The van der Waals surface area contributed by atoms with Crippen molar-refractivity contribution in [2.45, 2.75) is 142 Å². The molecule has 0 spiro atoms. The minimum absolute atomic E-state index is 0.124. The normalized spacial score (nSPS) is 14.0. The van der Waals surface area contributed by atoms with Crippen molar-refractivity contribution in [3.63, 3.8) is 0 Å². The average molecular weight is 491 g/mol. The summed E-state index contributed by atoms with van der Waals surface area (Å²) >= 11 is 7.70. The molecule has 0 aliphatic carbocycles. The van der Waals surface area contributed by atoms with Gasteiger partial charge in [0.25, 0.3) is 0 Å². The Kier molecular flexibility index (Phi) is 19.2. The summed E-state index contributed by atoms with van der Waals surface area (Å²) in [7, 11) is 0. The van der Waals surface area contributed by atoms with E-state index in [-0.39, 0.29) is 11.8 Å². The first-order chi connectivity index (χ1) is 15.3. The van der Waals surface area contributed by atoms with Gasteiger partial charge in [0.15, 0.2) is 0 Å². The van der Waals surface area contributed by atoms with E-state index < -0.39 is 5.96 Å². The number of ether oxygens (including phenoxy) is 1. The quantitative estimate of drug-likeness (QED) is 0.0615. The molecule has 0 rings (SSSR count). The van der Waals surface area contributed by atoms with Crippen molar-refractivity contribution in [3.8, 4) is 0 Å². The molecule has 0 heterocycles. The summed E-state index contributed by atoms with van der Waals surface area (Å²) in [5.41, 5.74) is 0. The second-order valence-corrected chi connectivity index (χ2v) is 18.7. The van der Waals surface area contributed by atoms with Crippen LogP contribution in [0.1, 0.15) is 136 Å². The Morgan fingerprint density at radius 2 is 1.12 bits per heavy atom. The molecule has 0 aromatic carbocycles. The summed E-state index contributed by atoms with van der Waals surface area (Å²) in [6.45, 7) is 12.7. The van der Waals surface area contributed by atoms with E-state index in [0.717, 1.165) is 38.0 Å². The third kappa shape index (κ3) is 15.0. The molecule has 0 aromatic heterocycles. The van der Waals surface area contributed by atoms with E-state index >= 15 is 0 Å². The first-order valence-electron chi connectivity index (χ1n) is 13.9. The molecule has 0 radical (unpaired) electrons. The zero-order chi connectivity index (χ0) is 24.2. The van der Waals surface area contributed by atoms with Gasteiger partial charge in [-0.2, -0.15) is 0 Å². The van der Waals surface area contributed by atoms with Crippen LogP contribution in [0.3, 0.4) is 0 Å². The van der Waals surface area contributed by atoms with Crippen LogP contribution in [0.5, 0.6) is 0 Å². The molecule has 0 aromatic rings. The van der Waals surface area contributed by atoms with Crippen molar-refractivity contribution in [3.05, 3.63) is 12.7 Å². The number of hydrogen-bond acceptors (Lipinski definition) is 2. The first kappa shape index (κ1) is 31.9. The Labute approximate surface area is 206 Å². The molecule has 192 valence electrons. The molecule has 0 bridgehead atoms. The number of esters is 1. The van der Waals surface area contributed by atoms with E-state index in [0.29, 0.717) is 0 Å². The van der Waals surface area contributed by atoms with Crippen molar-refractivity contribution in [2.75, 3.05) is 19.0 Å². The number of unbranched alkanes of at least 4 members (excludes halogenated alkanes) is 14. The topological polar surface area (TPSA) is 26.3 Å². The molecule has 0 saturated heterocycles. The van der Waals surface area contributed by atoms with Gasteiger partial charge >= 0.3 is 207 Å². The Balaban J connectivity index is 5.19. The summed E-state index contributed by atoms with van der Waals surface area (Å²) in [5, 5.41) is 0. The number of hydrogen-bond donors (Lipinski definition) is 0. The summed E-state index contributed by atoms with van der Waals surface area (Å²) < 4.78 is 6.03. The molecule has 1 atom stereocenters. The number of carbonyl (C=O) groups excluding carboxylic acids is 1. The molecule has 0 fully saturated rings. The van der Waals surface area contributed by atoms with Crippen LogP contribution < -0.4 is 0 Å². The third-order valence-corrected chi connectivity index (χ3v) is 13.6. The van der Waals surface area contributed by atoms with E-state index in [2.05, 4.69) is 34.0 Å². The summed E-state index contributed by atoms with van der Waals surface area (Å²) in [6, 6.07) is 0. The molecule has 0 saturated carbocycles. The van der Waals surface area contributed by atoms with E-state index in [1.54, 1.807) is 0 Å². The predicted octanol–water partition coefficient (Wildman–Crippen LogP) is 10.5. The van der Waals surface area contributed by atoms with Crippen LogP contribution in [0, 0.1) is 0 Å². The van der Waals surface area contributed by atoms with E-state index in [4.69, 9.17) is 16.0 Å². The van der Waals surface area contributed by atoms with E-state index in [9.17, 15) is 4.79 Å². The number of rotatable bonds is 23.